The Balaban J connectivity index is 0.000000192. The fourth-order valence-electron chi connectivity index (χ4n) is 4.06. The third kappa shape index (κ3) is 6.91. The van der Waals surface area contributed by atoms with Crippen molar-refractivity contribution in [3.8, 4) is 6.07 Å². The summed E-state index contributed by atoms with van der Waals surface area (Å²) in [6.07, 6.45) is 9.38. The predicted molar refractivity (Wildman–Crippen MR) is 145 cm³/mol. The normalized spacial score (nSPS) is 13.9. The Hall–Kier alpha value is -4.25. The van der Waals surface area contributed by atoms with Crippen molar-refractivity contribution in [2.24, 2.45) is 0 Å². The minimum Gasteiger partial charge on any atom is -0.378 e. The van der Waals surface area contributed by atoms with Gasteiger partial charge in [-0.05, 0) is 73.8 Å². The highest BCUT2D eigenvalue weighted by atomic mass is 16.1. The average Bonchev–Trinajstić information content (AvgIpc) is 3.86. The molecule has 37 heavy (non-hydrogen) atoms. The van der Waals surface area contributed by atoms with Crippen molar-refractivity contribution in [1.82, 2.24) is 19.6 Å². The molecule has 2 aliphatic carbocycles. The van der Waals surface area contributed by atoms with Crippen molar-refractivity contribution in [3.05, 3.63) is 82.9 Å². The molecule has 0 aliphatic heterocycles. The van der Waals surface area contributed by atoms with Crippen LogP contribution in [-0.2, 0) is 11.3 Å². The van der Waals surface area contributed by atoms with E-state index in [1.54, 1.807) is 12.3 Å². The number of nitrogens with zero attached hydrogens (tertiary/aromatic N) is 5. The Morgan fingerprint density at radius 2 is 1.86 bits per heavy atom. The van der Waals surface area contributed by atoms with Gasteiger partial charge in [0.1, 0.15) is 5.82 Å². The number of aromatic nitrogens is 4. The molecule has 1 aromatic carbocycles. The molecule has 3 heterocycles. The van der Waals surface area contributed by atoms with Gasteiger partial charge in [0.05, 0.1) is 18.2 Å². The zero-order valence-electron chi connectivity index (χ0n) is 21.6. The lowest BCUT2D eigenvalue weighted by Crippen LogP contribution is -2.03. The predicted octanol–water partition coefficient (Wildman–Crippen LogP) is 5.95. The van der Waals surface area contributed by atoms with E-state index in [2.05, 4.69) is 57.0 Å². The molecule has 6 rings (SSSR count). The van der Waals surface area contributed by atoms with Crippen molar-refractivity contribution in [2.45, 2.75) is 64.8 Å². The Labute approximate surface area is 217 Å². The van der Waals surface area contributed by atoms with Crippen molar-refractivity contribution in [2.75, 3.05) is 10.6 Å². The maximum atomic E-state index is 10.4. The molecular weight excluding hydrogens is 462 g/mol. The number of carbonyl (C=O) groups is 1. The molecule has 0 atom stereocenters. The summed E-state index contributed by atoms with van der Waals surface area (Å²) in [5.41, 5.74) is 6.42. The quantitative estimate of drug-likeness (QED) is 0.307. The molecule has 2 fully saturated rings. The highest BCUT2D eigenvalue weighted by Crippen LogP contribution is 2.42. The Kier molecular flexibility index (Phi) is 8.47. The largest absolute Gasteiger partial charge is 0.378 e. The summed E-state index contributed by atoms with van der Waals surface area (Å²) in [6.45, 7) is 6.58. The molecule has 3 aromatic heterocycles. The van der Waals surface area contributed by atoms with Gasteiger partial charge in [-0.15, -0.1) is 5.10 Å². The van der Waals surface area contributed by atoms with Crippen LogP contribution in [-0.4, -0.2) is 26.0 Å². The van der Waals surface area contributed by atoms with E-state index in [1.807, 2.05) is 42.6 Å². The lowest BCUT2D eigenvalue weighted by Gasteiger charge is -2.04. The maximum absolute atomic E-state index is 10.4. The van der Waals surface area contributed by atoms with Crippen LogP contribution in [0.4, 0.5) is 11.5 Å². The topological polar surface area (TPSA) is 108 Å². The van der Waals surface area contributed by atoms with Crippen molar-refractivity contribution in [3.63, 3.8) is 0 Å². The molecule has 0 saturated heterocycles. The number of rotatable bonds is 7. The Bertz CT molecular complexity index is 1400. The first kappa shape index (κ1) is 25.8. The summed E-state index contributed by atoms with van der Waals surface area (Å²) in [4.78, 5) is 19.0. The lowest BCUT2D eigenvalue weighted by molar-refractivity contribution is -0.105. The van der Waals surface area contributed by atoms with E-state index < -0.39 is 0 Å². The number of amides is 1. The molecule has 190 valence electrons. The molecule has 0 radical (unpaired) electrons. The number of anilines is 2. The molecule has 0 unspecified atom stereocenters. The Morgan fingerprint density at radius 3 is 2.57 bits per heavy atom. The summed E-state index contributed by atoms with van der Waals surface area (Å²) in [5.74, 6) is 2.60. The van der Waals surface area contributed by atoms with Crippen LogP contribution in [0.5, 0.6) is 0 Å². The molecule has 8 nitrogen and oxygen atoms in total. The number of hydrogen-bond donors (Lipinski definition) is 2. The molecule has 2 N–H and O–H groups in total. The minimum absolute atomic E-state index is 0.502. The SMILES string of the molecule is CC.Cc1ccc(C#N)c(C2CC2)c1.O=CNc1cc(NCc2nc3ccc(C4CC4)cn3n2)ccn1. The molecule has 4 aromatic rings. The van der Waals surface area contributed by atoms with Gasteiger partial charge in [-0.2, -0.15) is 5.26 Å². The van der Waals surface area contributed by atoms with Crippen molar-refractivity contribution in [1.29, 1.82) is 5.26 Å². The van der Waals surface area contributed by atoms with Crippen LogP contribution in [0.1, 0.15) is 79.4 Å². The number of benzene rings is 1. The fraction of sp³-hybridized carbons (Fsp3) is 0.345. The van der Waals surface area contributed by atoms with Crippen LogP contribution in [0, 0.1) is 18.3 Å². The smallest absolute Gasteiger partial charge is 0.212 e. The van der Waals surface area contributed by atoms with E-state index in [1.165, 1.54) is 42.4 Å². The summed E-state index contributed by atoms with van der Waals surface area (Å²) in [7, 11) is 0. The summed E-state index contributed by atoms with van der Waals surface area (Å²) < 4.78 is 1.84. The number of fused-ring (bicyclic) bond motifs is 1. The highest BCUT2D eigenvalue weighted by Gasteiger charge is 2.26. The zero-order valence-corrected chi connectivity index (χ0v) is 21.6. The number of aryl methyl sites for hydroxylation is 1. The molecule has 2 aliphatic rings. The summed E-state index contributed by atoms with van der Waals surface area (Å²) >= 11 is 0. The molecule has 0 bridgehead atoms. The van der Waals surface area contributed by atoms with E-state index >= 15 is 0 Å². The third-order valence-electron chi connectivity index (χ3n) is 6.21. The maximum Gasteiger partial charge on any atom is 0.212 e. The molecule has 2 saturated carbocycles. The molecular formula is C29H33N7O. The van der Waals surface area contributed by atoms with Gasteiger partial charge < -0.3 is 10.6 Å². The number of hydrogen-bond acceptors (Lipinski definition) is 6. The molecule has 8 heteroatoms. The monoisotopic (exact) mass is 495 g/mol. The van der Waals surface area contributed by atoms with E-state index in [-0.39, 0.29) is 0 Å². The van der Waals surface area contributed by atoms with Gasteiger partial charge in [0, 0.05) is 24.1 Å². The van der Waals surface area contributed by atoms with Gasteiger partial charge in [-0.25, -0.2) is 14.5 Å². The van der Waals surface area contributed by atoms with E-state index in [4.69, 9.17) is 5.26 Å². The Morgan fingerprint density at radius 1 is 1.08 bits per heavy atom. The van der Waals surface area contributed by atoms with Crippen LogP contribution in [0.15, 0.2) is 54.9 Å². The van der Waals surface area contributed by atoms with Crippen molar-refractivity contribution < 1.29 is 4.79 Å². The van der Waals surface area contributed by atoms with Crippen LogP contribution in [0.25, 0.3) is 5.65 Å². The van der Waals surface area contributed by atoms with Gasteiger partial charge >= 0.3 is 0 Å². The number of pyridine rings is 2. The third-order valence-corrected chi connectivity index (χ3v) is 6.21. The van der Waals surface area contributed by atoms with Gasteiger partial charge in [0.2, 0.25) is 6.41 Å². The summed E-state index contributed by atoms with van der Waals surface area (Å²) in [5, 5.41) is 19.1. The first-order valence-electron chi connectivity index (χ1n) is 12.9. The van der Waals surface area contributed by atoms with E-state index in [0.717, 1.165) is 22.7 Å². The van der Waals surface area contributed by atoms with Crippen LogP contribution >= 0.6 is 0 Å². The van der Waals surface area contributed by atoms with E-state index in [0.29, 0.717) is 30.6 Å². The number of nitriles is 1. The zero-order chi connectivity index (χ0) is 26.2. The first-order chi connectivity index (χ1) is 18.1. The van der Waals surface area contributed by atoms with E-state index in [9.17, 15) is 4.79 Å². The minimum atomic E-state index is 0.502. The average molecular weight is 496 g/mol. The van der Waals surface area contributed by atoms with Crippen LogP contribution in [0.3, 0.4) is 0 Å². The molecule has 0 spiro atoms. The van der Waals surface area contributed by atoms with Crippen molar-refractivity contribution >= 4 is 23.6 Å². The second-order valence-electron chi connectivity index (χ2n) is 9.09. The highest BCUT2D eigenvalue weighted by molar-refractivity contribution is 5.70. The van der Waals surface area contributed by atoms with Gasteiger partial charge in [-0.1, -0.05) is 37.6 Å². The van der Waals surface area contributed by atoms with Gasteiger partial charge in [0.15, 0.2) is 11.5 Å². The standard InChI is InChI=1S/C16H16N6O.C11H11N.C2H6/c23-10-19-14-7-13(5-6-17-14)18-8-15-20-16-4-3-12(11-1-2-11)9-22(16)21-15;1-8-2-3-10(7-12)11(6-8)9-4-5-9;1-2/h3-7,9-11H,1-2,8H2,(H2,17,18,19,23);2-3,6,9H,4-5H2,1H3;1-2H3. The second-order valence-corrected chi connectivity index (χ2v) is 9.09. The van der Waals surface area contributed by atoms with Crippen LogP contribution < -0.4 is 10.6 Å². The van der Waals surface area contributed by atoms with Crippen LogP contribution in [0.2, 0.25) is 0 Å². The fourth-order valence-corrected chi connectivity index (χ4v) is 4.06. The lowest BCUT2D eigenvalue weighted by atomic mass is 10.0. The van der Waals surface area contributed by atoms with Gasteiger partial charge in [0.25, 0.3) is 0 Å². The summed E-state index contributed by atoms with van der Waals surface area (Å²) in [6, 6.07) is 16.1. The number of nitrogens with one attached hydrogen (secondary N) is 2. The first-order valence-corrected chi connectivity index (χ1v) is 12.9. The second kappa shape index (κ2) is 12.1. The van der Waals surface area contributed by atoms with Gasteiger partial charge in [-0.3, -0.25) is 4.79 Å². The number of carbonyl (C=O) groups excluding carboxylic acids is 1. The molecule has 1 amide bonds.